The van der Waals surface area contributed by atoms with Gasteiger partial charge in [-0.1, -0.05) is 12.8 Å². The number of rotatable bonds is 3. The zero-order valence-corrected chi connectivity index (χ0v) is 8.01. The Morgan fingerprint density at radius 3 is 2.46 bits per heavy atom. The van der Waals surface area contributed by atoms with Crippen LogP contribution in [0.15, 0.2) is 0 Å². The Hall–Kier alpha value is -0.150. The lowest BCUT2D eigenvalue weighted by Crippen LogP contribution is -2.60. The van der Waals surface area contributed by atoms with Crippen molar-refractivity contribution >= 4 is 0 Å². The van der Waals surface area contributed by atoms with Crippen molar-refractivity contribution in [2.24, 2.45) is 0 Å². The molecule has 1 saturated heterocycles. The van der Waals surface area contributed by atoms with Gasteiger partial charge < -0.3 is 5.11 Å². The highest BCUT2D eigenvalue weighted by Crippen LogP contribution is 2.44. The summed E-state index contributed by atoms with van der Waals surface area (Å²) in [7, 11) is 0. The van der Waals surface area contributed by atoms with Gasteiger partial charge in [-0.3, -0.25) is 4.90 Å². The molecule has 0 aromatic heterocycles. The van der Waals surface area contributed by atoms with Gasteiger partial charge in [-0.15, -0.1) is 0 Å². The predicted octanol–water partition coefficient (Wildman–Crippen LogP) is 1.34. The highest BCUT2D eigenvalue weighted by Gasteiger charge is 2.46. The average Bonchev–Trinajstić information content (AvgIpc) is 2.62. The van der Waals surface area contributed by atoms with Crippen LogP contribution in [0.4, 0.5) is 4.39 Å². The fraction of sp³-hybridized carbons (Fsp3) is 1.00. The number of nitrogens with zero attached hydrogens (tertiary/aromatic N) is 1. The third-order valence-corrected chi connectivity index (χ3v) is 3.66. The molecule has 2 fully saturated rings. The molecule has 0 bridgehead atoms. The number of β-amino-alcohol motifs (C(OH)–C–C–N with tert-alkyl or cyclic N) is 1. The van der Waals surface area contributed by atoms with Gasteiger partial charge in [-0.05, 0) is 19.3 Å². The van der Waals surface area contributed by atoms with Crippen molar-refractivity contribution in [1.82, 2.24) is 4.90 Å². The highest BCUT2D eigenvalue weighted by atomic mass is 19.1. The number of hydrogen-bond donors (Lipinski definition) is 1. The third-order valence-electron chi connectivity index (χ3n) is 3.66. The van der Waals surface area contributed by atoms with Crippen LogP contribution in [0.25, 0.3) is 0 Å². The van der Waals surface area contributed by atoms with Gasteiger partial charge in [0.2, 0.25) is 0 Å². The van der Waals surface area contributed by atoms with Crippen LogP contribution in [0.1, 0.15) is 32.1 Å². The lowest BCUT2D eigenvalue weighted by molar-refractivity contribution is -0.0440. The normalized spacial score (nSPS) is 29.1. The van der Waals surface area contributed by atoms with E-state index < -0.39 is 12.8 Å². The van der Waals surface area contributed by atoms with E-state index >= 15 is 0 Å². The second kappa shape index (κ2) is 3.54. The number of alkyl halides is 1. The fourth-order valence-corrected chi connectivity index (χ4v) is 2.77. The molecule has 0 aromatic rings. The molecule has 1 unspecified atom stereocenters. The van der Waals surface area contributed by atoms with Crippen LogP contribution < -0.4 is 0 Å². The Labute approximate surface area is 78.7 Å². The van der Waals surface area contributed by atoms with E-state index in [9.17, 15) is 9.50 Å². The molecule has 0 amide bonds. The van der Waals surface area contributed by atoms with Crippen molar-refractivity contribution in [2.75, 3.05) is 19.8 Å². The first kappa shape index (κ1) is 9.41. The van der Waals surface area contributed by atoms with Gasteiger partial charge in [-0.25, -0.2) is 4.39 Å². The van der Waals surface area contributed by atoms with Crippen LogP contribution >= 0.6 is 0 Å². The molecule has 0 radical (unpaired) electrons. The van der Waals surface area contributed by atoms with E-state index in [1.807, 2.05) is 0 Å². The van der Waals surface area contributed by atoms with Crippen molar-refractivity contribution in [2.45, 2.75) is 43.7 Å². The Balaban J connectivity index is 1.86. The van der Waals surface area contributed by atoms with E-state index in [1.165, 1.54) is 32.1 Å². The minimum Gasteiger partial charge on any atom is -0.389 e. The standard InChI is InChI=1S/C10H18FNO/c11-7-9(13)8-12-6-5-10(12)3-1-2-4-10/h9,13H,1-8H2. The van der Waals surface area contributed by atoms with E-state index in [2.05, 4.69) is 4.90 Å². The summed E-state index contributed by atoms with van der Waals surface area (Å²) in [6.45, 7) is 0.986. The highest BCUT2D eigenvalue weighted by molar-refractivity contribution is 5.02. The van der Waals surface area contributed by atoms with Crippen LogP contribution in [0.3, 0.4) is 0 Å². The van der Waals surface area contributed by atoms with E-state index in [0.717, 1.165) is 6.54 Å². The van der Waals surface area contributed by atoms with Gasteiger partial charge in [0.25, 0.3) is 0 Å². The van der Waals surface area contributed by atoms with Crippen LogP contribution in [0.2, 0.25) is 0 Å². The Kier molecular flexibility index (Phi) is 2.56. The first-order valence-corrected chi connectivity index (χ1v) is 5.26. The van der Waals surface area contributed by atoms with Crippen molar-refractivity contribution in [3.8, 4) is 0 Å². The minimum absolute atomic E-state index is 0.371. The fourth-order valence-electron chi connectivity index (χ4n) is 2.77. The van der Waals surface area contributed by atoms with Gasteiger partial charge in [0.1, 0.15) is 6.67 Å². The summed E-state index contributed by atoms with van der Waals surface area (Å²) in [5, 5.41) is 9.22. The van der Waals surface area contributed by atoms with Gasteiger partial charge in [0.05, 0.1) is 6.10 Å². The van der Waals surface area contributed by atoms with E-state index in [4.69, 9.17) is 0 Å². The van der Waals surface area contributed by atoms with Crippen molar-refractivity contribution in [3.63, 3.8) is 0 Å². The van der Waals surface area contributed by atoms with Crippen molar-refractivity contribution in [3.05, 3.63) is 0 Å². The van der Waals surface area contributed by atoms with Gasteiger partial charge in [0.15, 0.2) is 0 Å². The summed E-state index contributed by atoms with van der Waals surface area (Å²) in [5.74, 6) is 0. The molecule has 1 aliphatic heterocycles. The molecule has 1 N–H and O–H groups in total. The first-order valence-electron chi connectivity index (χ1n) is 5.26. The number of aliphatic hydroxyl groups excluding tert-OH is 1. The van der Waals surface area contributed by atoms with Gasteiger partial charge in [0, 0.05) is 18.6 Å². The summed E-state index contributed by atoms with van der Waals surface area (Å²) in [6, 6.07) is 0. The molecule has 1 aliphatic carbocycles. The molecule has 3 heteroatoms. The molecular weight excluding hydrogens is 169 g/mol. The number of likely N-dealkylation sites (tertiary alicyclic amines) is 1. The summed E-state index contributed by atoms with van der Waals surface area (Å²) >= 11 is 0. The third kappa shape index (κ3) is 1.59. The molecular formula is C10H18FNO. The van der Waals surface area contributed by atoms with Crippen molar-refractivity contribution < 1.29 is 9.50 Å². The molecule has 2 aliphatic rings. The number of aliphatic hydroxyl groups is 1. The van der Waals surface area contributed by atoms with Crippen LogP contribution in [-0.4, -0.2) is 41.4 Å². The van der Waals surface area contributed by atoms with E-state index in [0.29, 0.717) is 12.1 Å². The molecule has 1 atom stereocenters. The predicted molar refractivity (Wildman–Crippen MR) is 49.4 cm³/mol. The maximum Gasteiger partial charge on any atom is 0.117 e. The van der Waals surface area contributed by atoms with E-state index in [-0.39, 0.29) is 0 Å². The largest absolute Gasteiger partial charge is 0.389 e. The smallest absolute Gasteiger partial charge is 0.117 e. The molecule has 1 saturated carbocycles. The summed E-state index contributed by atoms with van der Waals surface area (Å²) < 4.78 is 12.1. The summed E-state index contributed by atoms with van der Waals surface area (Å²) in [4.78, 5) is 2.28. The first-order chi connectivity index (χ1) is 6.27. The second-order valence-corrected chi connectivity index (χ2v) is 4.44. The molecule has 76 valence electrons. The lowest BCUT2D eigenvalue weighted by atomic mass is 9.83. The molecule has 2 rings (SSSR count). The van der Waals surface area contributed by atoms with Gasteiger partial charge in [-0.2, -0.15) is 0 Å². The Morgan fingerprint density at radius 2 is 2.00 bits per heavy atom. The van der Waals surface area contributed by atoms with Gasteiger partial charge >= 0.3 is 0 Å². The summed E-state index contributed by atoms with van der Waals surface area (Å²) in [6.07, 6.45) is 5.62. The van der Waals surface area contributed by atoms with Crippen LogP contribution in [0, 0.1) is 0 Å². The quantitative estimate of drug-likeness (QED) is 0.720. The Bertz CT molecular complexity index is 180. The number of hydrogen-bond acceptors (Lipinski definition) is 2. The van der Waals surface area contributed by atoms with Crippen LogP contribution in [0.5, 0.6) is 0 Å². The zero-order valence-electron chi connectivity index (χ0n) is 8.01. The van der Waals surface area contributed by atoms with Crippen molar-refractivity contribution in [1.29, 1.82) is 0 Å². The van der Waals surface area contributed by atoms with Crippen LogP contribution in [-0.2, 0) is 0 Å². The van der Waals surface area contributed by atoms with E-state index in [1.54, 1.807) is 0 Å². The summed E-state index contributed by atoms with van der Waals surface area (Å²) in [5.41, 5.74) is 0.371. The molecule has 1 spiro atoms. The topological polar surface area (TPSA) is 23.5 Å². The molecule has 2 nitrogen and oxygen atoms in total. The molecule has 1 heterocycles. The number of halogens is 1. The Morgan fingerprint density at radius 1 is 1.31 bits per heavy atom. The second-order valence-electron chi connectivity index (χ2n) is 4.44. The minimum atomic E-state index is -0.766. The average molecular weight is 187 g/mol. The SMILES string of the molecule is OC(CF)CN1CCC12CCCC2. The maximum absolute atomic E-state index is 12.1. The molecule has 13 heavy (non-hydrogen) atoms. The lowest BCUT2D eigenvalue weighted by Gasteiger charge is -2.51. The molecule has 0 aromatic carbocycles. The maximum atomic E-state index is 12.1. The zero-order chi connectivity index (χ0) is 9.31. The monoisotopic (exact) mass is 187 g/mol.